The molecule has 0 radical (unpaired) electrons. The van der Waals surface area contributed by atoms with Crippen LogP contribution in [-0.2, 0) is 16.6 Å². The SMILES string of the molecule is Cc1c(Cl)cccc1S(=O)(=O)NCCCn1cccn1. The normalized spacial score (nSPS) is 11.7. The molecular weight excluding hydrogens is 298 g/mol. The molecule has 1 N–H and O–H groups in total. The molecule has 2 aromatic rings. The second kappa shape index (κ2) is 6.39. The Morgan fingerprint density at radius 1 is 1.35 bits per heavy atom. The van der Waals surface area contributed by atoms with Gasteiger partial charge in [0.15, 0.2) is 0 Å². The molecular formula is C13H16ClN3O2S. The van der Waals surface area contributed by atoms with Gasteiger partial charge in [0, 0.05) is 30.5 Å². The largest absolute Gasteiger partial charge is 0.273 e. The minimum atomic E-state index is -3.52. The number of benzene rings is 1. The van der Waals surface area contributed by atoms with Crippen molar-refractivity contribution in [3.63, 3.8) is 0 Å². The average Bonchev–Trinajstić information content (AvgIpc) is 2.91. The van der Waals surface area contributed by atoms with Crippen LogP contribution in [0.4, 0.5) is 0 Å². The van der Waals surface area contributed by atoms with E-state index < -0.39 is 10.0 Å². The van der Waals surface area contributed by atoms with Gasteiger partial charge in [-0.15, -0.1) is 0 Å². The van der Waals surface area contributed by atoms with Crippen molar-refractivity contribution in [2.24, 2.45) is 0 Å². The summed E-state index contributed by atoms with van der Waals surface area (Å²) in [5.74, 6) is 0. The number of halogens is 1. The highest BCUT2D eigenvalue weighted by atomic mass is 35.5. The molecule has 0 saturated carbocycles. The van der Waals surface area contributed by atoms with Gasteiger partial charge in [0.25, 0.3) is 0 Å². The maximum Gasteiger partial charge on any atom is 0.240 e. The number of aromatic nitrogens is 2. The number of sulfonamides is 1. The van der Waals surface area contributed by atoms with Crippen molar-refractivity contribution in [2.75, 3.05) is 6.54 Å². The summed E-state index contributed by atoms with van der Waals surface area (Å²) in [4.78, 5) is 0.226. The van der Waals surface area contributed by atoms with Gasteiger partial charge in [-0.25, -0.2) is 13.1 Å². The molecule has 0 amide bonds. The van der Waals surface area contributed by atoms with E-state index in [9.17, 15) is 8.42 Å². The molecule has 1 aromatic heterocycles. The zero-order valence-corrected chi connectivity index (χ0v) is 12.7. The first-order chi connectivity index (χ1) is 9.50. The summed E-state index contributed by atoms with van der Waals surface area (Å²) < 4.78 is 28.7. The van der Waals surface area contributed by atoms with E-state index in [0.29, 0.717) is 30.1 Å². The standard InChI is InChI=1S/C13H16ClN3O2S/c1-11-12(14)5-2-6-13(11)20(18,19)16-8-4-10-17-9-3-7-15-17/h2-3,5-7,9,16H,4,8,10H2,1H3. The third-order valence-electron chi connectivity index (χ3n) is 2.92. The quantitative estimate of drug-likeness (QED) is 0.832. The van der Waals surface area contributed by atoms with Gasteiger partial charge in [0.1, 0.15) is 0 Å². The number of nitrogens with one attached hydrogen (secondary N) is 1. The predicted molar refractivity (Wildman–Crippen MR) is 78.2 cm³/mol. The maximum absolute atomic E-state index is 12.2. The fourth-order valence-corrected chi connectivity index (χ4v) is 3.41. The van der Waals surface area contributed by atoms with E-state index in [1.165, 1.54) is 0 Å². The fourth-order valence-electron chi connectivity index (χ4n) is 1.84. The van der Waals surface area contributed by atoms with Crippen molar-refractivity contribution in [1.29, 1.82) is 0 Å². The molecule has 20 heavy (non-hydrogen) atoms. The molecule has 0 unspecified atom stereocenters. The summed E-state index contributed by atoms with van der Waals surface area (Å²) >= 11 is 5.94. The summed E-state index contributed by atoms with van der Waals surface area (Å²) in [5, 5.41) is 4.50. The smallest absolute Gasteiger partial charge is 0.240 e. The third-order valence-corrected chi connectivity index (χ3v) is 4.94. The van der Waals surface area contributed by atoms with Gasteiger partial charge in [0.05, 0.1) is 4.90 Å². The Kier molecular flexibility index (Phi) is 4.80. The number of hydrogen-bond donors (Lipinski definition) is 1. The second-order valence-corrected chi connectivity index (χ2v) is 6.53. The molecule has 5 nitrogen and oxygen atoms in total. The first-order valence-electron chi connectivity index (χ1n) is 6.23. The first-order valence-corrected chi connectivity index (χ1v) is 8.09. The lowest BCUT2D eigenvalue weighted by atomic mass is 10.2. The van der Waals surface area contributed by atoms with Gasteiger partial charge in [-0.3, -0.25) is 4.68 Å². The van der Waals surface area contributed by atoms with Gasteiger partial charge in [-0.2, -0.15) is 5.10 Å². The molecule has 0 aliphatic carbocycles. The fraction of sp³-hybridized carbons (Fsp3) is 0.308. The lowest BCUT2D eigenvalue weighted by molar-refractivity contribution is 0.552. The Morgan fingerprint density at radius 2 is 2.15 bits per heavy atom. The Labute approximate surface area is 123 Å². The van der Waals surface area contributed by atoms with Crippen LogP contribution < -0.4 is 4.72 Å². The monoisotopic (exact) mass is 313 g/mol. The van der Waals surface area contributed by atoms with Crippen molar-refractivity contribution >= 4 is 21.6 Å². The minimum absolute atomic E-state index is 0.226. The van der Waals surface area contributed by atoms with Crippen molar-refractivity contribution in [3.8, 4) is 0 Å². The van der Waals surface area contributed by atoms with E-state index in [-0.39, 0.29) is 4.90 Å². The lowest BCUT2D eigenvalue weighted by Crippen LogP contribution is -2.26. The second-order valence-electron chi connectivity index (χ2n) is 4.38. The maximum atomic E-state index is 12.2. The highest BCUT2D eigenvalue weighted by Gasteiger charge is 2.17. The van der Waals surface area contributed by atoms with Crippen molar-refractivity contribution < 1.29 is 8.42 Å². The Balaban J connectivity index is 1.95. The minimum Gasteiger partial charge on any atom is -0.273 e. The topological polar surface area (TPSA) is 64.0 Å². The molecule has 0 bridgehead atoms. The molecule has 0 saturated heterocycles. The summed E-state index contributed by atoms with van der Waals surface area (Å²) in [5.41, 5.74) is 0.564. The van der Waals surface area contributed by atoms with Gasteiger partial charge in [0.2, 0.25) is 10.0 Å². The molecule has 0 spiro atoms. The van der Waals surface area contributed by atoms with Gasteiger partial charge < -0.3 is 0 Å². The number of rotatable bonds is 6. The molecule has 108 valence electrons. The predicted octanol–water partition coefficient (Wildman–Crippen LogP) is 2.21. The van der Waals surface area contributed by atoms with Crippen LogP contribution in [0.25, 0.3) is 0 Å². The molecule has 1 heterocycles. The van der Waals surface area contributed by atoms with E-state index in [2.05, 4.69) is 9.82 Å². The number of nitrogens with zero attached hydrogens (tertiary/aromatic N) is 2. The highest BCUT2D eigenvalue weighted by molar-refractivity contribution is 7.89. The highest BCUT2D eigenvalue weighted by Crippen LogP contribution is 2.22. The van der Waals surface area contributed by atoms with Crippen LogP contribution in [0.1, 0.15) is 12.0 Å². The number of aryl methyl sites for hydroxylation is 1. The molecule has 1 aromatic carbocycles. The van der Waals surface area contributed by atoms with Gasteiger partial charge in [-0.1, -0.05) is 17.7 Å². The summed E-state index contributed by atoms with van der Waals surface area (Å²) in [6.07, 6.45) is 4.20. The first kappa shape index (κ1) is 15.0. The van der Waals surface area contributed by atoms with Gasteiger partial charge in [-0.05, 0) is 37.1 Å². The Morgan fingerprint density at radius 3 is 2.85 bits per heavy atom. The Hall–Kier alpha value is -1.37. The summed E-state index contributed by atoms with van der Waals surface area (Å²) in [7, 11) is -3.52. The van der Waals surface area contributed by atoms with Crippen LogP contribution in [0.15, 0.2) is 41.6 Å². The third kappa shape index (κ3) is 3.59. The zero-order valence-electron chi connectivity index (χ0n) is 11.1. The zero-order chi connectivity index (χ0) is 14.6. The average molecular weight is 314 g/mol. The molecule has 0 aliphatic rings. The van der Waals surface area contributed by atoms with Crippen LogP contribution in [0.3, 0.4) is 0 Å². The lowest BCUT2D eigenvalue weighted by Gasteiger charge is -2.10. The van der Waals surface area contributed by atoms with E-state index in [4.69, 9.17) is 11.6 Å². The molecule has 2 rings (SSSR count). The van der Waals surface area contributed by atoms with Crippen LogP contribution in [-0.4, -0.2) is 24.7 Å². The van der Waals surface area contributed by atoms with Crippen LogP contribution in [0.2, 0.25) is 5.02 Å². The van der Waals surface area contributed by atoms with Gasteiger partial charge >= 0.3 is 0 Å². The summed E-state index contributed by atoms with van der Waals surface area (Å²) in [6, 6.07) is 6.69. The van der Waals surface area contributed by atoms with Crippen LogP contribution in [0, 0.1) is 6.92 Å². The van der Waals surface area contributed by atoms with Crippen molar-refractivity contribution in [1.82, 2.24) is 14.5 Å². The van der Waals surface area contributed by atoms with Crippen LogP contribution in [0.5, 0.6) is 0 Å². The van der Waals surface area contributed by atoms with E-state index in [1.807, 2.05) is 12.3 Å². The molecule has 0 atom stereocenters. The van der Waals surface area contributed by atoms with E-state index in [0.717, 1.165) is 0 Å². The van der Waals surface area contributed by atoms with Crippen molar-refractivity contribution in [2.45, 2.75) is 24.8 Å². The molecule has 0 aliphatic heterocycles. The summed E-state index contributed by atoms with van der Waals surface area (Å²) in [6.45, 7) is 2.72. The van der Waals surface area contributed by atoms with E-state index in [1.54, 1.807) is 36.0 Å². The molecule has 7 heteroatoms. The van der Waals surface area contributed by atoms with Crippen LogP contribution >= 0.6 is 11.6 Å². The number of hydrogen-bond acceptors (Lipinski definition) is 3. The molecule has 0 fully saturated rings. The Bertz CT molecular complexity index is 669. The van der Waals surface area contributed by atoms with Crippen molar-refractivity contribution in [3.05, 3.63) is 47.2 Å². The van der Waals surface area contributed by atoms with E-state index >= 15 is 0 Å².